The summed E-state index contributed by atoms with van der Waals surface area (Å²) in [6.45, 7) is -15.5. The first-order valence-corrected chi connectivity index (χ1v) is 39.0. The number of methoxy groups -OCH3 is 8. The first-order chi connectivity index (χ1) is 80.3. The van der Waals surface area contributed by atoms with Crippen molar-refractivity contribution < 1.29 is 158 Å². The van der Waals surface area contributed by atoms with Crippen molar-refractivity contribution in [3.63, 3.8) is 0 Å². The lowest BCUT2D eigenvalue weighted by molar-refractivity contribution is -0.161. The van der Waals surface area contributed by atoms with Crippen molar-refractivity contribution in [3.05, 3.63) is 92.8 Å². The molecule has 8 aliphatic rings. The highest BCUT2D eigenvalue weighted by atomic mass is 16.6. The molecular weight excluding hydrogens is 1520 g/mol. The van der Waals surface area contributed by atoms with E-state index >= 15 is 0 Å². The lowest BCUT2D eigenvalue weighted by Crippen LogP contribution is -2.51. The molecular formula is C96H152N8O16. The van der Waals surface area contributed by atoms with Gasteiger partial charge in [-0.3, -0.25) is 38.8 Å². The third kappa shape index (κ3) is 23.8. The number of carbonyl (C=O) groups is 4. The minimum atomic E-state index is -3.93. The summed E-state index contributed by atoms with van der Waals surface area (Å²) in [5, 5.41) is 0. The van der Waals surface area contributed by atoms with Crippen molar-refractivity contribution >= 4 is 23.9 Å². The normalized spacial score (nSPS) is 39.8. The Hall–Kier alpha value is -7.16. The second kappa shape index (κ2) is 43.9. The van der Waals surface area contributed by atoms with Crippen LogP contribution in [-0.2, 0) is 63.8 Å². The van der Waals surface area contributed by atoms with Crippen molar-refractivity contribution in [2.75, 3.05) is 109 Å². The minimum Gasteiger partial charge on any atom is -0.493 e. The maximum Gasteiger partial charge on any atom is 0.323 e. The zero-order valence-electron chi connectivity index (χ0n) is 129. The number of carbonyl (C=O) groups excluding carboxylic acids is 4. The van der Waals surface area contributed by atoms with Crippen LogP contribution in [0, 0.1) is 70.9 Å². The molecule has 4 aromatic rings. The Bertz CT molecular complexity index is 6780. The van der Waals surface area contributed by atoms with E-state index in [1.807, 2.05) is 41.5 Å². The molecule has 0 aromatic heterocycles. The second-order valence-electron chi connectivity index (χ2n) is 31.4. The summed E-state index contributed by atoms with van der Waals surface area (Å²) in [4.78, 5) is 60.5. The molecule has 120 heavy (non-hydrogen) atoms. The van der Waals surface area contributed by atoms with E-state index in [2.05, 4.69) is 0 Å². The number of hydrogen-bond donors (Lipinski definition) is 4. The van der Waals surface area contributed by atoms with Gasteiger partial charge < -0.3 is 79.8 Å². The number of benzene rings is 4. The molecule has 0 aliphatic carbocycles. The molecule has 4 aromatic carbocycles. The molecule has 4 saturated heterocycles. The van der Waals surface area contributed by atoms with Crippen molar-refractivity contribution in [1.29, 1.82) is 0 Å². The lowest BCUT2D eigenvalue weighted by atomic mass is 9.79. The van der Waals surface area contributed by atoms with Gasteiger partial charge in [0.2, 0.25) is 0 Å². The third-order valence-corrected chi connectivity index (χ3v) is 21.3. The summed E-state index contributed by atoms with van der Waals surface area (Å²) in [5.41, 5.74) is 22.7. The summed E-state index contributed by atoms with van der Waals surface area (Å²) in [5.74, 6) is -31.3. The zero-order valence-corrected chi connectivity index (χ0v) is 69.4. The molecule has 16 atom stereocenters. The largest absolute Gasteiger partial charge is 0.493 e. The Morgan fingerprint density at radius 3 is 0.725 bits per heavy atom. The van der Waals surface area contributed by atoms with Gasteiger partial charge in [0.25, 0.3) is 0 Å². The van der Waals surface area contributed by atoms with Crippen LogP contribution in [0.25, 0.3) is 0 Å². The van der Waals surface area contributed by atoms with Crippen LogP contribution in [-0.4, -0.2) is 201 Å². The number of rotatable bonds is 28. The Morgan fingerprint density at radius 2 is 0.542 bits per heavy atom. The molecule has 12 rings (SSSR count). The number of fused-ring (bicyclic) bond motifs is 12. The van der Waals surface area contributed by atoms with E-state index in [0.717, 1.165) is 14.2 Å². The predicted molar refractivity (Wildman–Crippen MR) is 471 cm³/mol. The Kier molecular flexibility index (Phi) is 15.8. The van der Waals surface area contributed by atoms with Gasteiger partial charge in [-0.15, -0.1) is 0 Å². The minimum absolute atomic E-state index is 0.000321. The highest BCUT2D eigenvalue weighted by Gasteiger charge is 2.47. The monoisotopic (exact) mass is 1730 g/mol. The fraction of sp³-hybridized carbons (Fsp3) is 0.708. The Labute approximate surface area is 803 Å². The highest BCUT2D eigenvalue weighted by Crippen LogP contribution is 2.50. The van der Waals surface area contributed by atoms with E-state index in [4.69, 9.17) is 151 Å². The molecule has 24 heteroatoms. The van der Waals surface area contributed by atoms with Crippen LogP contribution in [0.2, 0.25) is 0 Å². The van der Waals surface area contributed by atoms with Gasteiger partial charge in [0.1, 0.15) is 48.4 Å². The van der Waals surface area contributed by atoms with Gasteiger partial charge in [0, 0.05) is 164 Å². The summed E-state index contributed by atoms with van der Waals surface area (Å²) < 4.78 is 550. The Morgan fingerprint density at radius 1 is 0.350 bits per heavy atom. The highest BCUT2D eigenvalue weighted by molar-refractivity contribution is 5.77. The van der Waals surface area contributed by atoms with E-state index in [0.29, 0.717) is 12.0 Å². The van der Waals surface area contributed by atoms with Crippen molar-refractivity contribution in [2.45, 2.75) is 260 Å². The van der Waals surface area contributed by atoms with E-state index < -0.39 is 311 Å². The SMILES string of the molecule is [2H]c1c2c(c([2H])c(OC([2H])([2H])[2H])c1OC([2H])([2H])[2H])C1([2H])CC([2H])(OC(=O)[C@@]([2H])(N)C([2H])(C([2H])([2H])[2H])C([2H])([2H])[2H])C(CC(C)C)CN1CC2.[2H]c1c2c(c([2H])c(OC([2H])([2H])[2H])c1OC)C1([2H])CC([2H])(OC(=O)[C@@]([2H])(N)C([2H])(C([2H])([2H])[2H])C([2H])([2H])[2H])C(CC(C)C)CN1CC2.[2H]c1c2c(c([2H])c(OC)c1OC([2H])([2H])[2H])C1([2H])CC([2H])(OC(=O)[C@@]([2H])(N)C([2H])(C([2H])([2H])[2H])C([2H])([2H])[2H])C(CC(C)C)CN1CC2.[2H]c1c2c(c([2H])c(OC)c1OC)C1([2H])CC([2H])(OC(=O)[C@@]([2H])(N)C([2H])(C([2H])([2H])[2H])C([2H])([2H])[2H])C(CC(C)C)CN1CC2. The number of ether oxygens (including phenoxy) is 12. The van der Waals surface area contributed by atoms with Crippen LogP contribution in [0.4, 0.5) is 0 Å². The van der Waals surface area contributed by atoms with Crippen LogP contribution >= 0.6 is 0 Å². The molecule has 12 unspecified atom stereocenters. The van der Waals surface area contributed by atoms with Crippen molar-refractivity contribution in [2.24, 2.45) is 93.9 Å². The topological polar surface area (TPSA) is 296 Å². The molecule has 0 saturated carbocycles. The summed E-state index contributed by atoms with van der Waals surface area (Å²) >= 11 is 0. The van der Waals surface area contributed by atoms with Gasteiger partial charge in [0.05, 0.1) is 100 Å². The molecule has 0 radical (unpaired) electrons. The average Bonchev–Trinajstić information content (AvgIpc) is 0.702. The molecule has 0 spiro atoms. The van der Waals surface area contributed by atoms with E-state index in [1.165, 1.54) is 19.1 Å². The number of piperidine rings is 4. The van der Waals surface area contributed by atoms with Gasteiger partial charge in [0.15, 0.2) is 46.0 Å². The first kappa shape index (κ1) is 43.2. The third-order valence-electron chi connectivity index (χ3n) is 21.3. The molecule has 4 fully saturated rings. The van der Waals surface area contributed by atoms with Crippen LogP contribution in [0.5, 0.6) is 46.0 Å². The molecule has 8 aliphatic heterocycles. The van der Waals surface area contributed by atoms with Gasteiger partial charge in [-0.1, -0.05) is 110 Å². The fourth-order valence-electron chi connectivity index (χ4n) is 15.8. The smallest absolute Gasteiger partial charge is 0.323 e. The summed E-state index contributed by atoms with van der Waals surface area (Å²) in [6, 6.07) is -27.1. The van der Waals surface area contributed by atoms with Crippen LogP contribution in [0.1, 0.15) is 312 Å². The van der Waals surface area contributed by atoms with Crippen LogP contribution in [0.15, 0.2) is 48.3 Å². The quantitative estimate of drug-likeness (QED) is 0.0303. The van der Waals surface area contributed by atoms with Crippen LogP contribution in [0.3, 0.4) is 0 Å². The molecule has 672 valence electrons. The van der Waals surface area contributed by atoms with Gasteiger partial charge in [-0.05, 0) is 191 Å². The molecule has 24 nitrogen and oxygen atoms in total. The maximum atomic E-state index is 13.6. The van der Waals surface area contributed by atoms with E-state index in [1.54, 1.807) is 28.5 Å². The summed E-state index contributed by atoms with van der Waals surface area (Å²) in [6.07, 6.45) is -11.5. The molecule has 0 amide bonds. The summed E-state index contributed by atoms with van der Waals surface area (Å²) in [7, 11) is -7.65. The average molecular weight is 1730 g/mol. The standard InChI is InChI=1S/4C24H38N2O4/c4*1-14(2)9-17-13-26-8-7-16-10-21(28-5)22(29-6)11-18(16)19(26)12-20(17)30-24(27)23(25)15(3)4/h4*10-11,14-15,17,19-20,23H,7-9,12-13,25H2,1-6H3/t4*17?,19?,20?,23-/m0000/s1/i3D3,4D3,5D3,6D3,10D,11D,15D,19D,20D,23D;3D3,4D3,6D3,10D,11D,15D,19D,20D,23D;3D3,4D3,5D3,10D,11D,15D,19D,20D,23D;3D3,4D3,10D,11D,15D,19D,20D,23D. The second-order valence-corrected chi connectivity index (χ2v) is 31.4. The fourth-order valence-corrected chi connectivity index (χ4v) is 15.8. The number of nitrogens with two attached hydrogens (primary N) is 4. The number of hydrogen-bond acceptors (Lipinski definition) is 24. The Balaban J connectivity index is 0.000000262. The van der Waals surface area contributed by atoms with Crippen molar-refractivity contribution in [1.82, 2.24) is 19.6 Å². The van der Waals surface area contributed by atoms with Gasteiger partial charge >= 0.3 is 23.9 Å². The number of esters is 4. The van der Waals surface area contributed by atoms with Crippen molar-refractivity contribution in [3.8, 4) is 46.0 Å². The molecule has 0 bridgehead atoms. The predicted octanol–water partition coefficient (Wildman–Crippen LogP) is 14.3. The number of nitrogens with zero attached hydrogens (tertiary/aromatic N) is 4. The molecule has 8 heterocycles. The van der Waals surface area contributed by atoms with E-state index in [-0.39, 0.29) is 195 Å². The maximum absolute atomic E-state index is 13.6. The first-order valence-electron chi connectivity index (χ1n) is 69.0. The van der Waals surface area contributed by atoms with Gasteiger partial charge in [-0.2, -0.15) is 0 Å². The van der Waals surface area contributed by atoms with Gasteiger partial charge in [-0.25, -0.2) is 0 Å². The zero-order chi connectivity index (χ0) is 140. The van der Waals surface area contributed by atoms with Crippen LogP contribution < -0.4 is 60.8 Å². The van der Waals surface area contributed by atoms with E-state index in [9.17, 15) is 30.1 Å². The molecule has 8 N–H and O–H groups in total. The lowest BCUT2D eigenvalue weighted by Gasteiger charge is -2.47.